The highest BCUT2D eigenvalue weighted by Gasteiger charge is 2.31. The maximum Gasteiger partial charge on any atom is 0.416 e. The van der Waals surface area contributed by atoms with Gasteiger partial charge in [0.25, 0.3) is 5.91 Å². The van der Waals surface area contributed by atoms with Crippen molar-refractivity contribution in [2.24, 2.45) is 0 Å². The van der Waals surface area contributed by atoms with Gasteiger partial charge in [-0.1, -0.05) is 13.3 Å². The number of carbonyl (C=O) groups is 2. The van der Waals surface area contributed by atoms with E-state index < -0.39 is 42.2 Å². The van der Waals surface area contributed by atoms with Crippen LogP contribution < -0.4 is 16.4 Å². The molecule has 1 aromatic rings. The van der Waals surface area contributed by atoms with Crippen LogP contribution in [0.4, 0.5) is 18.9 Å². The van der Waals surface area contributed by atoms with E-state index in [9.17, 15) is 27.9 Å². The highest BCUT2D eigenvalue weighted by Crippen LogP contribution is 2.31. The number of carbonyl (C=O) groups excluding carboxylic acids is 2. The van der Waals surface area contributed by atoms with E-state index in [1.165, 1.54) is 0 Å². The number of nitrogens with zero attached hydrogens (tertiary/aromatic N) is 1. The molecule has 2 unspecified atom stereocenters. The van der Waals surface area contributed by atoms with Gasteiger partial charge in [0.05, 0.1) is 29.8 Å². The van der Waals surface area contributed by atoms with Gasteiger partial charge in [-0.05, 0) is 45.5 Å². The number of nitrogen functional groups attached to an aromatic ring is 1. The molecule has 1 aromatic carbocycles. The molecule has 0 aliphatic carbocycles. The number of nitrogens with one attached hydrogen (secondary N) is 2. The minimum Gasteiger partial charge on any atom is -0.398 e. The first kappa shape index (κ1) is 25.7. The first-order valence-corrected chi connectivity index (χ1v) is 9.79. The van der Waals surface area contributed by atoms with E-state index in [1.807, 2.05) is 32.7 Å². The number of likely N-dealkylation sites (N-methyl/N-ethyl adjacent to an activating group) is 1. The maximum atomic E-state index is 12.9. The smallest absolute Gasteiger partial charge is 0.398 e. The third-order valence-electron chi connectivity index (χ3n) is 4.80. The fourth-order valence-electron chi connectivity index (χ4n) is 2.72. The van der Waals surface area contributed by atoms with Crippen LogP contribution in [0, 0.1) is 0 Å². The molecule has 0 aliphatic rings. The zero-order chi connectivity index (χ0) is 23.1. The summed E-state index contributed by atoms with van der Waals surface area (Å²) in [6.07, 6.45) is -4.17. The highest BCUT2D eigenvalue weighted by molar-refractivity contribution is 6.00. The van der Waals surface area contributed by atoms with E-state index in [0.29, 0.717) is 19.0 Å². The average molecular weight is 432 g/mol. The van der Waals surface area contributed by atoms with Crippen molar-refractivity contribution in [1.82, 2.24) is 15.5 Å². The second kappa shape index (κ2) is 11.2. The van der Waals surface area contributed by atoms with E-state index in [2.05, 4.69) is 10.6 Å². The van der Waals surface area contributed by atoms with Gasteiger partial charge >= 0.3 is 6.18 Å². The Morgan fingerprint density at radius 2 is 1.90 bits per heavy atom. The van der Waals surface area contributed by atoms with Crippen LogP contribution in [0.2, 0.25) is 0 Å². The molecular weight excluding hydrogens is 401 g/mol. The Bertz CT molecular complexity index is 726. The number of aliphatic hydroxyl groups is 1. The van der Waals surface area contributed by atoms with E-state index in [1.54, 1.807) is 0 Å². The van der Waals surface area contributed by atoms with Gasteiger partial charge < -0.3 is 26.4 Å². The number of aliphatic hydroxyl groups excluding tert-OH is 1. The predicted octanol–water partition coefficient (Wildman–Crippen LogP) is 2.00. The topological polar surface area (TPSA) is 108 Å². The quantitative estimate of drug-likeness (QED) is 0.423. The summed E-state index contributed by atoms with van der Waals surface area (Å²) in [6, 6.07) is 2.07. The van der Waals surface area contributed by atoms with Gasteiger partial charge in [-0.15, -0.1) is 0 Å². The Kier molecular flexibility index (Phi) is 9.57. The molecule has 2 atom stereocenters. The summed E-state index contributed by atoms with van der Waals surface area (Å²) in [5.74, 6) is -1.45. The van der Waals surface area contributed by atoms with E-state index in [-0.39, 0.29) is 17.3 Å². The van der Waals surface area contributed by atoms with Crippen LogP contribution in [0.1, 0.15) is 49.5 Å². The van der Waals surface area contributed by atoms with Gasteiger partial charge in [-0.3, -0.25) is 9.59 Å². The second-order valence-corrected chi connectivity index (χ2v) is 7.55. The number of alkyl halides is 3. The predicted molar refractivity (Wildman–Crippen MR) is 109 cm³/mol. The molecule has 7 nitrogen and oxygen atoms in total. The summed E-state index contributed by atoms with van der Waals surface area (Å²) in [6.45, 7) is 5.80. The van der Waals surface area contributed by atoms with Crippen LogP contribution in [0.5, 0.6) is 0 Å². The number of halogens is 3. The first-order chi connectivity index (χ1) is 13.9. The number of anilines is 1. The molecule has 30 heavy (non-hydrogen) atoms. The molecule has 2 amide bonds. The highest BCUT2D eigenvalue weighted by atomic mass is 19.4. The lowest BCUT2D eigenvalue weighted by molar-refractivity contribution is -0.137. The minimum atomic E-state index is -4.62. The SMILES string of the molecule is CCCC(O)C(CN(C)C(C)C)NC(=O)CNC(=O)c1cc(C(F)(F)F)ccc1N. The van der Waals surface area contributed by atoms with Crippen molar-refractivity contribution in [3.05, 3.63) is 29.3 Å². The van der Waals surface area contributed by atoms with Crippen molar-refractivity contribution < 1.29 is 27.9 Å². The molecule has 0 bridgehead atoms. The zero-order valence-corrected chi connectivity index (χ0v) is 17.7. The minimum absolute atomic E-state index is 0.129. The van der Waals surface area contributed by atoms with Crippen molar-refractivity contribution in [3.8, 4) is 0 Å². The van der Waals surface area contributed by atoms with Crippen molar-refractivity contribution in [3.63, 3.8) is 0 Å². The van der Waals surface area contributed by atoms with Crippen LogP contribution in [0.25, 0.3) is 0 Å². The largest absolute Gasteiger partial charge is 0.416 e. The third-order valence-corrected chi connectivity index (χ3v) is 4.80. The molecule has 0 heterocycles. The van der Waals surface area contributed by atoms with Gasteiger partial charge in [0.15, 0.2) is 0 Å². The molecule has 10 heteroatoms. The Morgan fingerprint density at radius 1 is 1.27 bits per heavy atom. The van der Waals surface area contributed by atoms with Crippen LogP contribution >= 0.6 is 0 Å². The van der Waals surface area contributed by atoms with Gasteiger partial charge in [0.2, 0.25) is 5.91 Å². The molecule has 0 aromatic heterocycles. The second-order valence-electron chi connectivity index (χ2n) is 7.55. The monoisotopic (exact) mass is 432 g/mol. The van der Waals surface area contributed by atoms with Crippen molar-refractivity contribution in [1.29, 1.82) is 0 Å². The summed E-state index contributed by atoms with van der Waals surface area (Å²) in [5, 5.41) is 15.3. The molecule has 0 fully saturated rings. The Labute approximate surface area is 174 Å². The molecule has 0 spiro atoms. The summed E-state index contributed by atoms with van der Waals surface area (Å²) >= 11 is 0. The number of hydrogen-bond acceptors (Lipinski definition) is 5. The normalized spacial score (nSPS) is 13.9. The molecule has 1 rings (SSSR count). The Balaban J connectivity index is 2.78. The third kappa shape index (κ3) is 7.83. The lowest BCUT2D eigenvalue weighted by Crippen LogP contribution is -2.52. The lowest BCUT2D eigenvalue weighted by Gasteiger charge is -2.30. The summed E-state index contributed by atoms with van der Waals surface area (Å²) in [7, 11) is 1.86. The van der Waals surface area contributed by atoms with E-state index >= 15 is 0 Å². The van der Waals surface area contributed by atoms with Gasteiger partial charge in [-0.2, -0.15) is 13.2 Å². The van der Waals surface area contributed by atoms with E-state index in [0.717, 1.165) is 18.6 Å². The fraction of sp³-hybridized carbons (Fsp3) is 0.600. The number of rotatable bonds is 10. The fourth-order valence-corrected chi connectivity index (χ4v) is 2.72. The van der Waals surface area contributed by atoms with Crippen LogP contribution in [0.3, 0.4) is 0 Å². The number of hydrogen-bond donors (Lipinski definition) is 4. The molecular formula is C20H31F3N4O3. The molecule has 0 radical (unpaired) electrons. The van der Waals surface area contributed by atoms with Crippen LogP contribution in [-0.2, 0) is 11.0 Å². The first-order valence-electron chi connectivity index (χ1n) is 9.79. The lowest BCUT2D eigenvalue weighted by atomic mass is 10.1. The number of benzene rings is 1. The zero-order valence-electron chi connectivity index (χ0n) is 17.7. The Morgan fingerprint density at radius 3 is 2.43 bits per heavy atom. The van der Waals surface area contributed by atoms with Gasteiger partial charge in [0, 0.05) is 18.3 Å². The summed E-state index contributed by atoms with van der Waals surface area (Å²) in [4.78, 5) is 26.5. The molecule has 5 N–H and O–H groups in total. The van der Waals surface area contributed by atoms with Crippen LogP contribution in [-0.4, -0.2) is 60.1 Å². The van der Waals surface area contributed by atoms with Gasteiger partial charge in [-0.25, -0.2) is 0 Å². The molecule has 170 valence electrons. The maximum absolute atomic E-state index is 12.9. The van der Waals surface area contributed by atoms with Crippen molar-refractivity contribution in [2.45, 2.75) is 58.0 Å². The molecule has 0 saturated heterocycles. The Hall–Kier alpha value is -2.33. The molecule has 0 aliphatic heterocycles. The van der Waals surface area contributed by atoms with Gasteiger partial charge in [0.1, 0.15) is 0 Å². The van der Waals surface area contributed by atoms with Crippen LogP contribution in [0.15, 0.2) is 18.2 Å². The summed E-state index contributed by atoms with van der Waals surface area (Å²) < 4.78 is 38.6. The number of amides is 2. The molecule has 0 saturated carbocycles. The van der Waals surface area contributed by atoms with Crippen molar-refractivity contribution >= 4 is 17.5 Å². The average Bonchev–Trinajstić information content (AvgIpc) is 2.64. The number of nitrogens with two attached hydrogens (primary N) is 1. The van der Waals surface area contributed by atoms with E-state index in [4.69, 9.17) is 5.73 Å². The standard InChI is InChI=1S/C20H31F3N4O3/c1-5-6-17(28)16(11-27(4)12(2)3)26-18(29)10-25-19(30)14-9-13(20(21,22)23)7-8-15(14)24/h7-9,12,16-17,28H,5-6,10-11,24H2,1-4H3,(H,25,30)(H,26,29). The van der Waals surface area contributed by atoms with Crippen molar-refractivity contribution in [2.75, 3.05) is 25.9 Å². The summed E-state index contributed by atoms with van der Waals surface area (Å²) in [5.41, 5.74) is 4.11.